The number of rotatable bonds is 0. The van der Waals surface area contributed by atoms with Gasteiger partial charge in [-0.3, -0.25) is 0 Å². The minimum atomic E-state index is 0.398. The van der Waals surface area contributed by atoms with E-state index in [1.54, 1.807) is 6.07 Å². The van der Waals surface area contributed by atoms with Crippen LogP contribution in [0.2, 0.25) is 0 Å². The van der Waals surface area contributed by atoms with Crippen LogP contribution in [-0.4, -0.2) is 15.3 Å². The van der Waals surface area contributed by atoms with E-state index in [1.165, 1.54) is 5.19 Å². The number of hydrogen-bond acceptors (Lipinski definition) is 1. The molecule has 0 spiro atoms. The van der Waals surface area contributed by atoms with Crippen molar-refractivity contribution in [2.45, 2.75) is 6.92 Å². The first-order chi connectivity index (χ1) is 4.20. The minimum absolute atomic E-state index is 0.398. The van der Waals surface area contributed by atoms with Gasteiger partial charge in [-0.2, -0.15) is 0 Å². The van der Waals surface area contributed by atoms with Crippen LogP contribution in [0.15, 0.2) is 18.2 Å². The second kappa shape index (κ2) is 2.23. The normalized spacial score (nSPS) is 9.89. The van der Waals surface area contributed by atoms with Gasteiger partial charge in [0.2, 0.25) is 0 Å². The minimum Gasteiger partial charge on any atom is -0.508 e. The molecule has 0 atom stereocenters. The van der Waals surface area contributed by atoms with Gasteiger partial charge in [-0.15, -0.1) is 0 Å². The third-order valence-electron chi connectivity index (χ3n) is 1.35. The van der Waals surface area contributed by atoms with Crippen molar-refractivity contribution in [1.82, 2.24) is 0 Å². The van der Waals surface area contributed by atoms with Crippen LogP contribution >= 0.6 is 0 Å². The van der Waals surface area contributed by atoms with Crippen LogP contribution in [0.3, 0.4) is 0 Å². The van der Waals surface area contributed by atoms with Crippen molar-refractivity contribution < 1.29 is 5.11 Å². The van der Waals surface area contributed by atoms with E-state index in [-0.39, 0.29) is 0 Å². The predicted octanol–water partition coefficient (Wildman–Crippen LogP) is -0.309. The van der Waals surface area contributed by atoms with Crippen molar-refractivity contribution in [3.8, 4) is 5.75 Å². The molecule has 0 bridgehead atoms. The standard InChI is InChI=1S/C7H10OSi/c1-5-4-6(9)2-3-7(5)8/h2-4,8H,1,9H3. The molecule has 0 amide bonds. The summed E-state index contributed by atoms with van der Waals surface area (Å²) in [6.07, 6.45) is 0. The average Bonchev–Trinajstić information content (AvgIpc) is 1.80. The lowest BCUT2D eigenvalue weighted by Gasteiger charge is -1.97. The largest absolute Gasteiger partial charge is 0.508 e. The van der Waals surface area contributed by atoms with Gasteiger partial charge in [0, 0.05) is 10.2 Å². The van der Waals surface area contributed by atoms with Crippen LogP contribution in [-0.2, 0) is 0 Å². The van der Waals surface area contributed by atoms with E-state index in [2.05, 4.69) is 0 Å². The molecule has 0 saturated heterocycles. The summed E-state index contributed by atoms with van der Waals surface area (Å²) < 4.78 is 0. The van der Waals surface area contributed by atoms with Gasteiger partial charge < -0.3 is 5.11 Å². The zero-order valence-corrected chi connectivity index (χ0v) is 7.68. The van der Waals surface area contributed by atoms with Gasteiger partial charge in [0.1, 0.15) is 5.75 Å². The van der Waals surface area contributed by atoms with Gasteiger partial charge in [-0.1, -0.05) is 17.3 Å². The Morgan fingerprint density at radius 3 is 2.56 bits per heavy atom. The lowest BCUT2D eigenvalue weighted by Crippen LogP contribution is -2.00. The maximum atomic E-state index is 9.06. The quantitative estimate of drug-likeness (QED) is 0.488. The van der Waals surface area contributed by atoms with Crippen molar-refractivity contribution in [2.75, 3.05) is 0 Å². The van der Waals surface area contributed by atoms with E-state index in [1.807, 2.05) is 19.1 Å². The van der Waals surface area contributed by atoms with Gasteiger partial charge in [-0.05, 0) is 18.6 Å². The van der Waals surface area contributed by atoms with Crippen LogP contribution in [0.5, 0.6) is 5.75 Å². The SMILES string of the molecule is Cc1cc([SiH3])ccc1O. The number of phenols is 1. The van der Waals surface area contributed by atoms with Crippen molar-refractivity contribution in [1.29, 1.82) is 0 Å². The number of aryl methyl sites for hydroxylation is 1. The number of hydrogen-bond donors (Lipinski definition) is 1. The van der Waals surface area contributed by atoms with E-state index in [0.29, 0.717) is 5.75 Å². The van der Waals surface area contributed by atoms with Gasteiger partial charge in [-0.25, -0.2) is 0 Å². The fraction of sp³-hybridized carbons (Fsp3) is 0.143. The van der Waals surface area contributed by atoms with Gasteiger partial charge >= 0.3 is 0 Å². The van der Waals surface area contributed by atoms with Crippen molar-refractivity contribution in [2.24, 2.45) is 0 Å². The molecule has 2 heteroatoms. The van der Waals surface area contributed by atoms with Crippen molar-refractivity contribution >= 4 is 15.4 Å². The molecule has 1 aromatic carbocycles. The molecule has 1 nitrogen and oxygen atoms in total. The predicted molar refractivity (Wildman–Crippen MR) is 42.4 cm³/mol. The van der Waals surface area contributed by atoms with Crippen LogP contribution in [0.1, 0.15) is 5.56 Å². The summed E-state index contributed by atoms with van der Waals surface area (Å²) in [5.74, 6) is 0.398. The number of phenolic OH excluding ortho intramolecular Hbond substituents is 1. The highest BCUT2D eigenvalue weighted by molar-refractivity contribution is 6.32. The molecule has 0 heterocycles. The lowest BCUT2D eigenvalue weighted by atomic mass is 10.2. The third-order valence-corrected chi connectivity index (χ3v) is 1.97. The number of benzene rings is 1. The molecule has 1 aromatic rings. The molecule has 1 N–H and O–H groups in total. The van der Waals surface area contributed by atoms with E-state index < -0.39 is 0 Å². The summed E-state index contributed by atoms with van der Waals surface area (Å²) in [5, 5.41) is 10.4. The summed E-state index contributed by atoms with van der Waals surface area (Å²) in [6, 6.07) is 5.72. The highest BCUT2D eigenvalue weighted by atomic mass is 28.1. The second-order valence-electron chi connectivity index (χ2n) is 2.29. The Morgan fingerprint density at radius 1 is 1.44 bits per heavy atom. The monoisotopic (exact) mass is 138 g/mol. The first kappa shape index (κ1) is 6.36. The molecule has 0 aliphatic heterocycles. The molecular weight excluding hydrogens is 128 g/mol. The van der Waals surface area contributed by atoms with Crippen molar-refractivity contribution in [3.05, 3.63) is 23.8 Å². The Bertz CT molecular complexity index is 220. The maximum Gasteiger partial charge on any atom is 0.118 e. The fourth-order valence-electron chi connectivity index (χ4n) is 0.805. The summed E-state index contributed by atoms with van der Waals surface area (Å²) in [7, 11) is 1.06. The topological polar surface area (TPSA) is 20.2 Å². The highest BCUT2D eigenvalue weighted by Gasteiger charge is 1.91. The van der Waals surface area contributed by atoms with Gasteiger partial charge in [0.15, 0.2) is 0 Å². The van der Waals surface area contributed by atoms with E-state index in [0.717, 1.165) is 15.8 Å². The molecule has 0 unspecified atom stereocenters. The molecule has 1 rings (SSSR count). The lowest BCUT2D eigenvalue weighted by molar-refractivity contribution is 0.471. The molecule has 9 heavy (non-hydrogen) atoms. The summed E-state index contributed by atoms with van der Waals surface area (Å²) in [5.41, 5.74) is 0.975. The van der Waals surface area contributed by atoms with E-state index >= 15 is 0 Å². The molecule has 0 aliphatic carbocycles. The molecule has 0 radical (unpaired) electrons. The van der Waals surface area contributed by atoms with E-state index in [9.17, 15) is 0 Å². The molecule has 0 fully saturated rings. The Labute approximate surface area is 57.8 Å². The molecule has 0 saturated carbocycles. The Morgan fingerprint density at radius 2 is 2.11 bits per heavy atom. The summed E-state index contributed by atoms with van der Waals surface area (Å²) in [6.45, 7) is 1.91. The molecule has 0 aromatic heterocycles. The third kappa shape index (κ3) is 1.33. The smallest absolute Gasteiger partial charge is 0.118 e. The van der Waals surface area contributed by atoms with Crippen LogP contribution in [0.25, 0.3) is 0 Å². The summed E-state index contributed by atoms with van der Waals surface area (Å²) >= 11 is 0. The zero-order chi connectivity index (χ0) is 6.85. The van der Waals surface area contributed by atoms with Gasteiger partial charge in [0.25, 0.3) is 0 Å². The fourth-order valence-corrected chi connectivity index (χ4v) is 1.41. The first-order valence-corrected chi connectivity index (χ1v) is 3.96. The molecular formula is C7H10OSi. The maximum absolute atomic E-state index is 9.06. The molecule has 48 valence electrons. The first-order valence-electron chi connectivity index (χ1n) is 2.96. The Kier molecular flexibility index (Phi) is 1.58. The van der Waals surface area contributed by atoms with Crippen molar-refractivity contribution in [3.63, 3.8) is 0 Å². The average molecular weight is 138 g/mol. The van der Waals surface area contributed by atoms with Gasteiger partial charge in [0.05, 0.1) is 0 Å². The van der Waals surface area contributed by atoms with E-state index in [4.69, 9.17) is 5.11 Å². The molecule has 0 aliphatic rings. The number of aromatic hydroxyl groups is 1. The van der Waals surface area contributed by atoms with Crippen LogP contribution in [0.4, 0.5) is 0 Å². The zero-order valence-electron chi connectivity index (χ0n) is 5.68. The second-order valence-corrected chi connectivity index (χ2v) is 3.44. The Balaban J connectivity index is 3.17. The van der Waals surface area contributed by atoms with Crippen LogP contribution < -0.4 is 5.19 Å². The van der Waals surface area contributed by atoms with Crippen LogP contribution in [0, 0.1) is 6.92 Å². The Hall–Kier alpha value is -0.763. The summed E-state index contributed by atoms with van der Waals surface area (Å²) in [4.78, 5) is 0. The highest BCUT2D eigenvalue weighted by Crippen LogP contribution is 2.11.